The molecule has 0 aliphatic carbocycles. The van der Waals surface area contributed by atoms with Crippen LogP contribution in [0.1, 0.15) is 5.56 Å². The molecule has 1 amide bonds. The van der Waals surface area contributed by atoms with E-state index in [4.69, 9.17) is 9.47 Å². The molecule has 0 unspecified atom stereocenters. The molecule has 9 nitrogen and oxygen atoms in total. The van der Waals surface area contributed by atoms with Crippen molar-refractivity contribution in [3.63, 3.8) is 0 Å². The number of hydrogen-bond acceptors (Lipinski definition) is 7. The smallest absolute Gasteiger partial charge is 0.417 e. The lowest BCUT2D eigenvalue weighted by Gasteiger charge is -2.36. The number of anilines is 1. The predicted molar refractivity (Wildman–Crippen MR) is 118 cm³/mol. The highest BCUT2D eigenvalue weighted by atomic mass is 32.2. The fourth-order valence-corrected chi connectivity index (χ4v) is 4.34. The zero-order chi connectivity index (χ0) is 24.9. The van der Waals surface area contributed by atoms with Crippen molar-refractivity contribution in [3.8, 4) is 11.6 Å². The molecular weight excluding hydrogens is 477 g/mol. The molecule has 1 atom stereocenters. The minimum atomic E-state index is -4.50. The van der Waals surface area contributed by atoms with E-state index in [2.05, 4.69) is 10.3 Å². The van der Waals surface area contributed by atoms with Gasteiger partial charge in [-0.2, -0.15) is 13.2 Å². The first-order valence-electron chi connectivity index (χ1n) is 10.3. The van der Waals surface area contributed by atoms with Gasteiger partial charge in [0.1, 0.15) is 11.8 Å². The molecule has 2 heterocycles. The first kappa shape index (κ1) is 25.7. The third-order valence-electron chi connectivity index (χ3n) is 5.19. The average molecular weight is 503 g/mol. The van der Waals surface area contributed by atoms with Gasteiger partial charge in [-0.25, -0.2) is 13.4 Å². The van der Waals surface area contributed by atoms with Gasteiger partial charge in [0, 0.05) is 32.4 Å². The summed E-state index contributed by atoms with van der Waals surface area (Å²) in [6.07, 6.45) is -2.79. The normalized spacial score (nSPS) is 16.0. The minimum Gasteiger partial charge on any atom is -0.439 e. The lowest BCUT2D eigenvalue weighted by molar-refractivity contribution is -0.137. The Kier molecular flexibility index (Phi) is 8.00. The van der Waals surface area contributed by atoms with Gasteiger partial charge < -0.3 is 14.8 Å². The number of ether oxygens (including phenoxy) is 2. The molecule has 186 valence electrons. The number of benzene rings is 1. The largest absolute Gasteiger partial charge is 0.439 e. The topological polar surface area (TPSA) is 101 Å². The van der Waals surface area contributed by atoms with E-state index >= 15 is 0 Å². The van der Waals surface area contributed by atoms with E-state index in [1.807, 2.05) is 4.90 Å². The summed E-state index contributed by atoms with van der Waals surface area (Å²) in [5.74, 6) is -0.114. The first-order chi connectivity index (χ1) is 16.0. The number of aromatic nitrogens is 1. The number of sulfonamides is 1. The lowest BCUT2D eigenvalue weighted by atomic mass is 10.2. The van der Waals surface area contributed by atoms with Crippen LogP contribution in [0.5, 0.6) is 11.6 Å². The standard InChI is InChI=1S/C21H25F3N4O5S/c1-25-20(29)18(27-9-11-32-12-10-27)14-28(34(2,30)31)16-4-6-17(7-5-16)33-19-8-3-15(13-26-19)21(22,23)24/h3-8,13,18H,9-12,14H2,1-2H3,(H,25,29)/t18-/m0/s1. The zero-order valence-corrected chi connectivity index (χ0v) is 19.4. The number of nitrogens with one attached hydrogen (secondary N) is 1. The van der Waals surface area contributed by atoms with Crippen LogP contribution in [0.25, 0.3) is 0 Å². The van der Waals surface area contributed by atoms with E-state index in [1.165, 1.54) is 31.3 Å². The van der Waals surface area contributed by atoms with Crippen LogP contribution in [0.15, 0.2) is 42.6 Å². The number of carbonyl (C=O) groups is 1. The number of rotatable bonds is 8. The second kappa shape index (κ2) is 10.6. The van der Waals surface area contributed by atoms with E-state index in [1.54, 1.807) is 0 Å². The number of likely N-dealkylation sites (N-methyl/N-ethyl adjacent to an activating group) is 1. The van der Waals surface area contributed by atoms with Crippen LogP contribution in [0.4, 0.5) is 18.9 Å². The maximum Gasteiger partial charge on any atom is 0.417 e. The summed E-state index contributed by atoms with van der Waals surface area (Å²) < 4.78 is 75.1. The number of hydrogen-bond donors (Lipinski definition) is 1. The van der Waals surface area contributed by atoms with E-state index in [9.17, 15) is 26.4 Å². The van der Waals surface area contributed by atoms with Crippen LogP contribution >= 0.6 is 0 Å². The first-order valence-corrected chi connectivity index (χ1v) is 12.2. The van der Waals surface area contributed by atoms with Crippen molar-refractivity contribution >= 4 is 21.6 Å². The highest BCUT2D eigenvalue weighted by Crippen LogP contribution is 2.30. The van der Waals surface area contributed by atoms with Gasteiger partial charge in [-0.15, -0.1) is 0 Å². The van der Waals surface area contributed by atoms with E-state index < -0.39 is 27.8 Å². The molecule has 1 aromatic heterocycles. The zero-order valence-electron chi connectivity index (χ0n) is 18.6. The fraction of sp³-hybridized carbons (Fsp3) is 0.429. The Hall–Kier alpha value is -2.90. The highest BCUT2D eigenvalue weighted by molar-refractivity contribution is 7.92. The molecule has 1 fully saturated rings. The van der Waals surface area contributed by atoms with Gasteiger partial charge in [0.15, 0.2) is 0 Å². The summed E-state index contributed by atoms with van der Waals surface area (Å²) in [7, 11) is -2.26. The Morgan fingerprint density at radius 2 is 1.85 bits per heavy atom. The average Bonchev–Trinajstić information content (AvgIpc) is 2.79. The molecule has 1 aliphatic rings. The van der Waals surface area contributed by atoms with E-state index in [-0.39, 0.29) is 24.1 Å². The molecule has 3 rings (SSSR count). The summed E-state index contributed by atoms with van der Waals surface area (Å²) in [6.45, 7) is 1.75. The molecule has 1 aromatic carbocycles. The van der Waals surface area contributed by atoms with Crippen molar-refractivity contribution < 1.29 is 35.9 Å². The Bertz CT molecular complexity index is 1070. The summed E-state index contributed by atoms with van der Waals surface area (Å²) in [5.41, 5.74) is -0.595. The van der Waals surface area contributed by atoms with Gasteiger partial charge in [0.05, 0.1) is 37.3 Å². The third-order valence-corrected chi connectivity index (χ3v) is 6.35. The summed E-state index contributed by atoms with van der Waals surface area (Å²) in [4.78, 5) is 18.1. The molecular formula is C21H25F3N4O5S. The molecule has 2 aromatic rings. The van der Waals surface area contributed by atoms with Crippen molar-refractivity contribution in [2.75, 3.05) is 50.5 Å². The SMILES string of the molecule is CNC(=O)[C@H](CN(c1ccc(Oc2ccc(C(F)(F)F)cn2)cc1)S(C)(=O)=O)N1CCOCC1. The predicted octanol–water partition coefficient (Wildman–Crippen LogP) is 2.11. The Morgan fingerprint density at radius 1 is 1.21 bits per heavy atom. The molecule has 1 aliphatic heterocycles. The number of nitrogens with zero attached hydrogens (tertiary/aromatic N) is 3. The lowest BCUT2D eigenvalue weighted by Crippen LogP contribution is -2.56. The van der Waals surface area contributed by atoms with Crippen LogP contribution in [-0.2, 0) is 25.7 Å². The van der Waals surface area contributed by atoms with Gasteiger partial charge in [-0.1, -0.05) is 0 Å². The molecule has 1 saturated heterocycles. The maximum absolute atomic E-state index is 12.7. The number of pyridine rings is 1. The van der Waals surface area contributed by atoms with Crippen molar-refractivity contribution in [1.82, 2.24) is 15.2 Å². The second-order valence-electron chi connectivity index (χ2n) is 7.55. The Balaban J connectivity index is 1.78. The molecule has 1 N–H and O–H groups in total. The summed E-state index contributed by atoms with van der Waals surface area (Å²) >= 11 is 0. The van der Waals surface area contributed by atoms with Crippen molar-refractivity contribution in [2.45, 2.75) is 12.2 Å². The number of amides is 1. The van der Waals surface area contributed by atoms with Crippen LogP contribution in [0.3, 0.4) is 0 Å². The van der Waals surface area contributed by atoms with Crippen molar-refractivity contribution in [3.05, 3.63) is 48.2 Å². The Labute approximate surface area is 195 Å². The number of alkyl halides is 3. The molecule has 0 spiro atoms. The molecule has 13 heteroatoms. The van der Waals surface area contributed by atoms with Gasteiger partial charge in [-0.05, 0) is 30.3 Å². The van der Waals surface area contributed by atoms with Crippen LogP contribution in [0, 0.1) is 0 Å². The Morgan fingerprint density at radius 3 is 2.35 bits per heavy atom. The second-order valence-corrected chi connectivity index (χ2v) is 9.46. The number of carbonyl (C=O) groups excluding carboxylic acids is 1. The van der Waals surface area contributed by atoms with Gasteiger partial charge >= 0.3 is 6.18 Å². The molecule has 34 heavy (non-hydrogen) atoms. The van der Waals surface area contributed by atoms with E-state index in [0.717, 1.165) is 22.7 Å². The van der Waals surface area contributed by atoms with Crippen molar-refractivity contribution in [1.29, 1.82) is 0 Å². The number of halogens is 3. The highest BCUT2D eigenvalue weighted by Gasteiger charge is 2.32. The minimum absolute atomic E-state index is 0.0484. The monoisotopic (exact) mass is 502 g/mol. The van der Waals surface area contributed by atoms with Gasteiger partial charge in [0.25, 0.3) is 0 Å². The van der Waals surface area contributed by atoms with Crippen LogP contribution in [0.2, 0.25) is 0 Å². The van der Waals surface area contributed by atoms with Crippen LogP contribution < -0.4 is 14.4 Å². The van der Waals surface area contributed by atoms with Crippen molar-refractivity contribution in [2.24, 2.45) is 0 Å². The van der Waals surface area contributed by atoms with Crippen LogP contribution in [-0.4, -0.2) is 76.4 Å². The number of morpholine rings is 1. The fourth-order valence-electron chi connectivity index (χ4n) is 3.42. The summed E-state index contributed by atoms with van der Waals surface area (Å²) in [6, 6.07) is 7.13. The quantitative estimate of drug-likeness (QED) is 0.590. The van der Waals surface area contributed by atoms with E-state index in [0.29, 0.717) is 38.2 Å². The molecule has 0 radical (unpaired) electrons. The maximum atomic E-state index is 12.7. The third kappa shape index (κ3) is 6.58. The van der Waals surface area contributed by atoms with Gasteiger partial charge in [0.2, 0.25) is 21.8 Å². The summed E-state index contributed by atoms with van der Waals surface area (Å²) in [5, 5.41) is 2.58. The van der Waals surface area contributed by atoms with Gasteiger partial charge in [-0.3, -0.25) is 14.0 Å². The molecule has 0 bridgehead atoms. The molecule has 0 saturated carbocycles.